The predicted molar refractivity (Wildman–Crippen MR) is 78.7 cm³/mol. The van der Waals surface area contributed by atoms with Crippen molar-refractivity contribution >= 4 is 11.9 Å². The molecular weight excluding hydrogens is 270 g/mol. The fraction of sp³-hybridized carbons (Fsp3) is 0.375. The number of carbonyl (C=O) groups excluding carboxylic acids is 2. The number of aliphatic hydroxyl groups excluding tert-OH is 1. The normalized spacial score (nSPS) is 9.52. The number of methoxy groups -OCH3 is 1. The zero-order chi connectivity index (χ0) is 15.8. The topological polar surface area (TPSA) is 66.8 Å². The highest BCUT2D eigenvalue weighted by atomic mass is 16.5. The smallest absolute Gasteiger partial charge is 0.325 e. The molecule has 112 valence electrons. The lowest BCUT2D eigenvalue weighted by Crippen LogP contribution is -2.32. The van der Waals surface area contributed by atoms with Crippen LogP contribution in [-0.2, 0) is 9.53 Å². The van der Waals surface area contributed by atoms with Gasteiger partial charge in [0.1, 0.15) is 6.54 Å². The van der Waals surface area contributed by atoms with Gasteiger partial charge in [-0.3, -0.25) is 9.59 Å². The number of aliphatic hydroxyl groups is 1. The van der Waals surface area contributed by atoms with Crippen LogP contribution in [0.2, 0.25) is 0 Å². The summed E-state index contributed by atoms with van der Waals surface area (Å²) in [7, 11) is 2.82. The number of amides is 1. The maximum atomic E-state index is 12.2. The quantitative estimate of drug-likeness (QED) is 0.662. The van der Waals surface area contributed by atoms with Crippen molar-refractivity contribution in [2.24, 2.45) is 0 Å². The summed E-state index contributed by atoms with van der Waals surface area (Å²) in [6.45, 7) is 1.80. The minimum Gasteiger partial charge on any atom is -0.468 e. The molecule has 5 heteroatoms. The van der Waals surface area contributed by atoms with Gasteiger partial charge in [-0.2, -0.15) is 0 Å². The Morgan fingerprint density at radius 2 is 2.10 bits per heavy atom. The van der Waals surface area contributed by atoms with E-state index in [2.05, 4.69) is 16.6 Å². The molecule has 0 unspecified atom stereocenters. The average molecular weight is 289 g/mol. The second kappa shape index (κ2) is 8.08. The monoisotopic (exact) mass is 289 g/mol. The van der Waals surface area contributed by atoms with Gasteiger partial charge in [0.2, 0.25) is 0 Å². The second-order valence-corrected chi connectivity index (χ2v) is 4.54. The van der Waals surface area contributed by atoms with Crippen molar-refractivity contribution in [3.63, 3.8) is 0 Å². The fourth-order valence-electron chi connectivity index (χ4n) is 1.65. The van der Waals surface area contributed by atoms with Crippen LogP contribution in [0.5, 0.6) is 0 Å². The molecule has 0 atom stereocenters. The van der Waals surface area contributed by atoms with E-state index in [1.54, 1.807) is 12.1 Å². The molecule has 1 rings (SSSR count). The number of hydrogen-bond acceptors (Lipinski definition) is 4. The number of likely N-dealkylation sites (N-methyl/N-ethyl adjacent to an activating group) is 1. The van der Waals surface area contributed by atoms with Crippen LogP contribution < -0.4 is 0 Å². The van der Waals surface area contributed by atoms with Crippen molar-refractivity contribution in [3.05, 3.63) is 34.9 Å². The number of esters is 1. The highest BCUT2D eigenvalue weighted by molar-refractivity contribution is 5.96. The largest absolute Gasteiger partial charge is 0.468 e. The van der Waals surface area contributed by atoms with Crippen LogP contribution in [0.25, 0.3) is 0 Å². The second-order valence-electron chi connectivity index (χ2n) is 4.54. The molecule has 0 fully saturated rings. The number of aryl methyl sites for hydroxylation is 1. The van der Waals surface area contributed by atoms with E-state index >= 15 is 0 Å². The molecule has 5 nitrogen and oxygen atoms in total. The van der Waals surface area contributed by atoms with E-state index < -0.39 is 5.97 Å². The summed E-state index contributed by atoms with van der Waals surface area (Å²) in [6.07, 6.45) is 0.389. The Hall–Kier alpha value is -2.32. The van der Waals surface area contributed by atoms with Gasteiger partial charge in [0.05, 0.1) is 13.7 Å². The first-order chi connectivity index (χ1) is 9.99. The molecule has 1 aromatic carbocycles. The minimum atomic E-state index is -0.471. The van der Waals surface area contributed by atoms with Gasteiger partial charge in [0.15, 0.2) is 0 Å². The summed E-state index contributed by atoms with van der Waals surface area (Å²) in [4.78, 5) is 24.7. The van der Waals surface area contributed by atoms with Crippen molar-refractivity contribution in [2.75, 3.05) is 27.3 Å². The van der Waals surface area contributed by atoms with Gasteiger partial charge >= 0.3 is 5.97 Å². The van der Waals surface area contributed by atoms with Gasteiger partial charge in [-0.1, -0.05) is 17.9 Å². The van der Waals surface area contributed by atoms with E-state index in [1.807, 2.05) is 13.0 Å². The SMILES string of the molecule is COC(=O)CN(C)C(=O)c1ccc(C)c(C#CCCO)c1. The van der Waals surface area contributed by atoms with Gasteiger partial charge in [-0.15, -0.1) is 0 Å². The number of carbonyl (C=O) groups is 2. The van der Waals surface area contributed by atoms with Gasteiger partial charge < -0.3 is 14.7 Å². The Bertz CT molecular complexity index is 584. The van der Waals surface area contributed by atoms with Gasteiger partial charge in [-0.05, 0) is 24.6 Å². The third-order valence-corrected chi connectivity index (χ3v) is 2.89. The van der Waals surface area contributed by atoms with E-state index in [0.29, 0.717) is 12.0 Å². The third-order valence-electron chi connectivity index (χ3n) is 2.89. The maximum Gasteiger partial charge on any atom is 0.325 e. The van der Waals surface area contributed by atoms with E-state index in [0.717, 1.165) is 11.1 Å². The fourth-order valence-corrected chi connectivity index (χ4v) is 1.65. The lowest BCUT2D eigenvalue weighted by molar-refractivity contribution is -0.141. The Balaban J connectivity index is 2.93. The average Bonchev–Trinajstić information content (AvgIpc) is 2.48. The lowest BCUT2D eigenvalue weighted by Gasteiger charge is -2.16. The minimum absolute atomic E-state index is 0.00648. The van der Waals surface area contributed by atoms with Crippen molar-refractivity contribution in [1.82, 2.24) is 4.90 Å². The molecule has 0 heterocycles. The first kappa shape index (κ1) is 16.7. The third kappa shape index (κ3) is 4.93. The number of ether oxygens (including phenoxy) is 1. The summed E-state index contributed by atoms with van der Waals surface area (Å²) in [5, 5.41) is 8.73. The molecular formula is C16H19NO4. The molecule has 0 aliphatic rings. The molecule has 0 aliphatic heterocycles. The number of rotatable bonds is 4. The molecule has 21 heavy (non-hydrogen) atoms. The van der Waals surface area contributed by atoms with Crippen LogP contribution in [-0.4, -0.2) is 49.2 Å². The summed E-state index contributed by atoms with van der Waals surface area (Å²) < 4.78 is 4.54. The van der Waals surface area contributed by atoms with Crippen LogP contribution in [0, 0.1) is 18.8 Å². The molecule has 1 amide bonds. The molecule has 0 spiro atoms. The van der Waals surface area contributed by atoms with E-state index in [9.17, 15) is 9.59 Å². The Morgan fingerprint density at radius 3 is 2.71 bits per heavy atom. The summed E-state index contributed by atoms with van der Waals surface area (Å²) in [6, 6.07) is 5.20. The highest BCUT2D eigenvalue weighted by Gasteiger charge is 2.15. The molecule has 0 saturated carbocycles. The standard InChI is InChI=1S/C16H19NO4/c1-12-7-8-14(10-13(12)6-4-5-9-18)16(20)17(2)11-15(19)21-3/h7-8,10,18H,5,9,11H2,1-3H3. The Kier molecular flexibility index (Phi) is 6.44. The molecule has 0 aromatic heterocycles. The summed E-state index contributed by atoms with van der Waals surface area (Å²) in [5.74, 6) is 5.01. The molecule has 1 aromatic rings. The zero-order valence-corrected chi connectivity index (χ0v) is 12.5. The first-order valence-electron chi connectivity index (χ1n) is 6.52. The van der Waals surface area contributed by atoms with Crippen LogP contribution in [0.15, 0.2) is 18.2 Å². The van der Waals surface area contributed by atoms with Crippen LogP contribution in [0.1, 0.15) is 27.9 Å². The van der Waals surface area contributed by atoms with E-state index in [4.69, 9.17) is 5.11 Å². The number of nitrogens with zero attached hydrogens (tertiary/aromatic N) is 1. The number of hydrogen-bond donors (Lipinski definition) is 1. The summed E-state index contributed by atoms with van der Waals surface area (Å²) >= 11 is 0. The Labute approximate surface area is 124 Å². The van der Waals surface area contributed by atoms with Crippen molar-refractivity contribution in [1.29, 1.82) is 0 Å². The van der Waals surface area contributed by atoms with Gasteiger partial charge in [0, 0.05) is 24.6 Å². The zero-order valence-electron chi connectivity index (χ0n) is 12.5. The first-order valence-corrected chi connectivity index (χ1v) is 6.52. The van der Waals surface area contributed by atoms with Crippen LogP contribution >= 0.6 is 0 Å². The highest BCUT2D eigenvalue weighted by Crippen LogP contribution is 2.12. The number of benzene rings is 1. The predicted octanol–water partition coefficient (Wildman–Crippen LogP) is 0.974. The lowest BCUT2D eigenvalue weighted by atomic mass is 10.0. The van der Waals surface area contributed by atoms with Crippen LogP contribution in [0.3, 0.4) is 0 Å². The van der Waals surface area contributed by atoms with Crippen molar-refractivity contribution in [2.45, 2.75) is 13.3 Å². The van der Waals surface area contributed by atoms with E-state index in [1.165, 1.54) is 19.1 Å². The van der Waals surface area contributed by atoms with Gasteiger partial charge in [-0.25, -0.2) is 0 Å². The van der Waals surface area contributed by atoms with Crippen LogP contribution in [0.4, 0.5) is 0 Å². The Morgan fingerprint density at radius 1 is 1.38 bits per heavy atom. The van der Waals surface area contributed by atoms with Gasteiger partial charge in [0.25, 0.3) is 5.91 Å². The summed E-state index contributed by atoms with van der Waals surface area (Å²) in [5.41, 5.74) is 2.15. The molecule has 0 radical (unpaired) electrons. The van der Waals surface area contributed by atoms with E-state index in [-0.39, 0.29) is 19.1 Å². The molecule has 0 bridgehead atoms. The molecule has 0 saturated heterocycles. The van der Waals surface area contributed by atoms with Crippen molar-refractivity contribution in [3.8, 4) is 11.8 Å². The molecule has 1 N–H and O–H groups in total. The molecule has 0 aliphatic carbocycles. The van der Waals surface area contributed by atoms with Crippen molar-refractivity contribution < 1.29 is 19.4 Å². The maximum absolute atomic E-state index is 12.2.